The van der Waals surface area contributed by atoms with E-state index in [0.29, 0.717) is 37.4 Å². The smallest absolute Gasteiger partial charge is 0.256 e. The fourth-order valence-corrected chi connectivity index (χ4v) is 4.82. The maximum absolute atomic E-state index is 14.9. The van der Waals surface area contributed by atoms with Crippen LogP contribution in [0.5, 0.6) is 0 Å². The van der Waals surface area contributed by atoms with Crippen molar-refractivity contribution in [2.75, 3.05) is 31.6 Å². The molecule has 1 saturated heterocycles. The zero-order valence-electron chi connectivity index (χ0n) is 16.9. The molecule has 1 N–H and O–H groups in total. The van der Waals surface area contributed by atoms with Crippen LogP contribution in [0, 0.1) is 5.82 Å². The number of morpholine rings is 1. The van der Waals surface area contributed by atoms with E-state index in [-0.39, 0.29) is 17.8 Å². The summed E-state index contributed by atoms with van der Waals surface area (Å²) < 4.78 is 20.4. The van der Waals surface area contributed by atoms with Crippen molar-refractivity contribution in [1.82, 2.24) is 4.90 Å². The normalized spacial score (nSPS) is 15.7. The van der Waals surface area contributed by atoms with Gasteiger partial charge in [0.1, 0.15) is 10.8 Å². The van der Waals surface area contributed by atoms with E-state index in [9.17, 15) is 9.18 Å². The van der Waals surface area contributed by atoms with E-state index in [1.54, 1.807) is 29.5 Å². The number of anilines is 1. The molecular formula is C24H25FN2O2S. The Bertz CT molecular complexity index is 999. The number of hydrogen-bond acceptors (Lipinski definition) is 4. The number of thiophene rings is 1. The molecule has 0 radical (unpaired) electrons. The van der Waals surface area contributed by atoms with Gasteiger partial charge in [-0.15, -0.1) is 11.3 Å². The number of amides is 1. The average molecular weight is 425 g/mol. The van der Waals surface area contributed by atoms with Crippen LogP contribution in [0.4, 0.5) is 9.39 Å². The number of aryl methyl sites for hydroxylation is 1. The van der Waals surface area contributed by atoms with E-state index < -0.39 is 0 Å². The Morgan fingerprint density at radius 1 is 1.10 bits per heavy atom. The van der Waals surface area contributed by atoms with Gasteiger partial charge in [0.15, 0.2) is 0 Å². The summed E-state index contributed by atoms with van der Waals surface area (Å²) in [6.45, 7) is 4.73. The summed E-state index contributed by atoms with van der Waals surface area (Å²) in [7, 11) is 0. The van der Waals surface area contributed by atoms with Crippen molar-refractivity contribution in [3.8, 4) is 0 Å². The first-order chi connectivity index (χ1) is 14.7. The fourth-order valence-electron chi connectivity index (χ4n) is 3.79. The van der Waals surface area contributed by atoms with E-state index >= 15 is 0 Å². The second kappa shape index (κ2) is 9.51. The molecule has 1 aliphatic heterocycles. The first-order valence-electron chi connectivity index (χ1n) is 10.2. The van der Waals surface area contributed by atoms with Crippen LogP contribution in [-0.4, -0.2) is 37.1 Å². The Labute approximate surface area is 180 Å². The van der Waals surface area contributed by atoms with Crippen molar-refractivity contribution in [3.63, 3.8) is 0 Å². The highest BCUT2D eigenvalue weighted by Gasteiger charge is 2.30. The Kier molecular flexibility index (Phi) is 6.57. The molecule has 4 nitrogen and oxygen atoms in total. The molecule has 0 spiro atoms. The summed E-state index contributed by atoms with van der Waals surface area (Å²) in [6, 6.07) is 17.9. The molecule has 1 amide bonds. The molecule has 1 fully saturated rings. The fraction of sp³-hybridized carbons (Fsp3) is 0.292. The van der Waals surface area contributed by atoms with Crippen LogP contribution in [0.25, 0.3) is 0 Å². The first kappa shape index (κ1) is 20.7. The van der Waals surface area contributed by atoms with Gasteiger partial charge in [-0.1, -0.05) is 43.3 Å². The van der Waals surface area contributed by atoms with E-state index in [0.717, 1.165) is 21.9 Å². The van der Waals surface area contributed by atoms with E-state index in [1.165, 1.54) is 6.07 Å². The molecule has 1 aromatic heterocycles. The third kappa shape index (κ3) is 4.46. The second-order valence-electron chi connectivity index (χ2n) is 7.24. The quantitative estimate of drug-likeness (QED) is 0.597. The summed E-state index contributed by atoms with van der Waals surface area (Å²) in [6.07, 6.45) is 0.853. The van der Waals surface area contributed by atoms with Crippen LogP contribution < -0.4 is 5.32 Å². The molecule has 4 rings (SSSR count). The van der Waals surface area contributed by atoms with Gasteiger partial charge in [-0.05, 0) is 30.7 Å². The topological polar surface area (TPSA) is 41.6 Å². The van der Waals surface area contributed by atoms with Crippen molar-refractivity contribution < 1.29 is 13.9 Å². The Morgan fingerprint density at radius 3 is 2.50 bits per heavy atom. The van der Waals surface area contributed by atoms with E-state index in [1.807, 2.05) is 30.3 Å². The summed E-state index contributed by atoms with van der Waals surface area (Å²) in [5.74, 6) is -0.394. The maximum atomic E-state index is 14.9. The summed E-state index contributed by atoms with van der Waals surface area (Å²) >= 11 is 1.56. The molecule has 1 unspecified atom stereocenters. The molecule has 0 bridgehead atoms. The summed E-state index contributed by atoms with van der Waals surface area (Å²) in [4.78, 5) is 16.2. The van der Waals surface area contributed by atoms with E-state index in [4.69, 9.17) is 4.74 Å². The number of rotatable bonds is 6. The molecule has 3 aromatic rings. The monoisotopic (exact) mass is 424 g/mol. The van der Waals surface area contributed by atoms with Crippen LogP contribution in [0.3, 0.4) is 0 Å². The zero-order valence-corrected chi connectivity index (χ0v) is 17.8. The highest BCUT2D eigenvalue weighted by atomic mass is 32.1. The lowest BCUT2D eigenvalue weighted by atomic mass is 9.97. The molecule has 2 heterocycles. The number of nitrogens with one attached hydrogen (secondary N) is 1. The first-order valence-corrected chi connectivity index (χ1v) is 11.0. The second-order valence-corrected chi connectivity index (χ2v) is 8.38. The molecule has 2 aromatic carbocycles. The van der Waals surface area contributed by atoms with Crippen molar-refractivity contribution in [3.05, 3.63) is 88.0 Å². The number of halogens is 1. The van der Waals surface area contributed by atoms with Gasteiger partial charge in [-0.25, -0.2) is 4.39 Å². The van der Waals surface area contributed by atoms with Crippen LogP contribution in [0.15, 0.2) is 60.7 Å². The molecule has 6 heteroatoms. The summed E-state index contributed by atoms with van der Waals surface area (Å²) in [5, 5.41) is 3.87. The van der Waals surface area contributed by atoms with Gasteiger partial charge in [0, 0.05) is 34.7 Å². The molecule has 0 aliphatic carbocycles. The minimum Gasteiger partial charge on any atom is -0.379 e. The Morgan fingerprint density at radius 2 is 1.80 bits per heavy atom. The number of nitrogens with zero attached hydrogens (tertiary/aromatic N) is 1. The van der Waals surface area contributed by atoms with Gasteiger partial charge in [0.2, 0.25) is 0 Å². The Balaban J connectivity index is 1.75. The lowest BCUT2D eigenvalue weighted by molar-refractivity contribution is 0.0235. The lowest BCUT2D eigenvalue weighted by Crippen LogP contribution is -2.40. The van der Waals surface area contributed by atoms with Crippen LogP contribution >= 0.6 is 11.3 Å². The SMILES string of the molecule is CCc1cc(C(c2ccccc2F)N2CCOCC2)c(NC(=O)c2ccccc2)s1. The highest BCUT2D eigenvalue weighted by molar-refractivity contribution is 7.16. The van der Waals surface area contributed by atoms with Crippen molar-refractivity contribution in [1.29, 1.82) is 0 Å². The van der Waals surface area contributed by atoms with Gasteiger partial charge < -0.3 is 10.1 Å². The molecule has 30 heavy (non-hydrogen) atoms. The van der Waals surface area contributed by atoms with Crippen LogP contribution in [0.2, 0.25) is 0 Å². The number of carbonyl (C=O) groups excluding carboxylic acids is 1. The molecule has 156 valence electrons. The predicted molar refractivity (Wildman–Crippen MR) is 119 cm³/mol. The highest BCUT2D eigenvalue weighted by Crippen LogP contribution is 2.40. The number of hydrogen-bond donors (Lipinski definition) is 1. The van der Waals surface area contributed by atoms with Gasteiger partial charge in [0.25, 0.3) is 5.91 Å². The van der Waals surface area contributed by atoms with E-state index in [2.05, 4.69) is 23.2 Å². The largest absolute Gasteiger partial charge is 0.379 e. The van der Waals surface area contributed by atoms with Gasteiger partial charge in [-0.3, -0.25) is 9.69 Å². The lowest BCUT2D eigenvalue weighted by Gasteiger charge is -2.35. The molecule has 1 atom stereocenters. The molecule has 1 aliphatic rings. The standard InChI is InChI=1S/C24H25FN2O2S/c1-2-18-16-20(24(30-18)26-23(28)17-8-4-3-5-9-17)22(27-12-14-29-15-13-27)19-10-6-7-11-21(19)25/h3-11,16,22H,2,12-15H2,1H3,(H,26,28). The third-order valence-corrected chi connectivity index (χ3v) is 6.54. The van der Waals surface area contributed by atoms with Crippen molar-refractivity contribution in [2.24, 2.45) is 0 Å². The average Bonchev–Trinajstić information content (AvgIpc) is 3.19. The minimum absolute atomic E-state index is 0.157. The molecule has 0 saturated carbocycles. The zero-order chi connectivity index (χ0) is 20.9. The van der Waals surface area contributed by atoms with Crippen molar-refractivity contribution >= 4 is 22.2 Å². The van der Waals surface area contributed by atoms with Crippen LogP contribution in [0.1, 0.15) is 39.3 Å². The van der Waals surface area contributed by atoms with Crippen molar-refractivity contribution in [2.45, 2.75) is 19.4 Å². The van der Waals surface area contributed by atoms with Gasteiger partial charge >= 0.3 is 0 Å². The minimum atomic E-state index is -0.280. The third-order valence-electron chi connectivity index (χ3n) is 5.33. The van der Waals surface area contributed by atoms with Gasteiger partial charge in [-0.2, -0.15) is 0 Å². The number of ether oxygens (including phenoxy) is 1. The number of carbonyl (C=O) groups is 1. The number of benzene rings is 2. The Hall–Kier alpha value is -2.54. The van der Waals surface area contributed by atoms with Crippen LogP contribution in [-0.2, 0) is 11.2 Å². The molecular weight excluding hydrogens is 399 g/mol. The maximum Gasteiger partial charge on any atom is 0.256 e. The summed E-state index contributed by atoms with van der Waals surface area (Å²) in [5.41, 5.74) is 2.16. The predicted octanol–water partition coefficient (Wildman–Crippen LogP) is 5.12. The van der Waals surface area contributed by atoms with Gasteiger partial charge in [0.05, 0.1) is 19.3 Å².